The normalized spacial score (nSPS) is 19.6. The van der Waals surface area contributed by atoms with Crippen LogP contribution in [0.2, 0.25) is 0 Å². The van der Waals surface area contributed by atoms with E-state index in [-0.39, 0.29) is 12.1 Å². The van der Waals surface area contributed by atoms with E-state index in [0.717, 1.165) is 32.5 Å². The van der Waals surface area contributed by atoms with Gasteiger partial charge in [0.1, 0.15) is 0 Å². The Labute approximate surface area is 106 Å². The summed E-state index contributed by atoms with van der Waals surface area (Å²) in [6, 6.07) is 0.647. The summed E-state index contributed by atoms with van der Waals surface area (Å²) in [4.78, 5) is 0. The molecule has 0 spiro atoms. The Morgan fingerprint density at radius 3 is 2.59 bits per heavy atom. The van der Waals surface area contributed by atoms with Crippen LogP contribution >= 0.6 is 0 Å². The Hall–Kier alpha value is -0.120. The Morgan fingerprint density at radius 2 is 2.06 bits per heavy atom. The van der Waals surface area contributed by atoms with E-state index in [2.05, 4.69) is 26.1 Å². The third-order valence-corrected chi connectivity index (χ3v) is 3.34. The molecule has 3 heteroatoms. The minimum absolute atomic E-state index is 0.109. The van der Waals surface area contributed by atoms with Crippen molar-refractivity contribution in [1.82, 2.24) is 5.32 Å². The molecule has 0 radical (unpaired) electrons. The van der Waals surface area contributed by atoms with E-state index in [1.54, 1.807) is 0 Å². The molecule has 102 valence electrons. The second kappa shape index (κ2) is 7.34. The summed E-state index contributed by atoms with van der Waals surface area (Å²) in [7, 11) is 0. The highest BCUT2D eigenvalue weighted by atomic mass is 16.5. The fraction of sp³-hybridized carbons (Fsp3) is 1.00. The molecular weight excluding hydrogens is 214 g/mol. The van der Waals surface area contributed by atoms with E-state index in [0.29, 0.717) is 12.0 Å². The molecule has 0 aromatic rings. The molecule has 17 heavy (non-hydrogen) atoms. The molecule has 0 heterocycles. The van der Waals surface area contributed by atoms with Gasteiger partial charge in [-0.1, -0.05) is 13.8 Å². The molecule has 1 aliphatic carbocycles. The average Bonchev–Trinajstić information content (AvgIpc) is 3.06. The van der Waals surface area contributed by atoms with Crippen LogP contribution < -0.4 is 5.32 Å². The predicted octanol–water partition coefficient (Wildman–Crippen LogP) is 2.33. The van der Waals surface area contributed by atoms with Gasteiger partial charge >= 0.3 is 0 Å². The fourth-order valence-corrected chi connectivity index (χ4v) is 1.90. The van der Waals surface area contributed by atoms with Crippen LogP contribution in [-0.4, -0.2) is 36.5 Å². The zero-order chi connectivity index (χ0) is 12.7. The molecule has 0 aromatic carbocycles. The van der Waals surface area contributed by atoms with Gasteiger partial charge in [-0.25, -0.2) is 0 Å². The lowest BCUT2D eigenvalue weighted by Crippen LogP contribution is -2.47. The first-order valence-electron chi connectivity index (χ1n) is 7.02. The molecule has 0 amide bonds. The van der Waals surface area contributed by atoms with Crippen molar-refractivity contribution in [3.63, 3.8) is 0 Å². The van der Waals surface area contributed by atoms with Crippen LogP contribution in [0.25, 0.3) is 0 Å². The lowest BCUT2D eigenvalue weighted by molar-refractivity contribution is 0.102. The topological polar surface area (TPSA) is 41.5 Å². The van der Waals surface area contributed by atoms with Crippen molar-refractivity contribution in [2.75, 3.05) is 19.8 Å². The molecule has 0 bridgehead atoms. The number of hydrogen-bond acceptors (Lipinski definition) is 3. The summed E-state index contributed by atoms with van der Waals surface area (Å²) in [6.07, 6.45) is 5.68. The maximum Gasteiger partial charge on any atom is 0.0610 e. The van der Waals surface area contributed by atoms with Gasteiger partial charge in [0.15, 0.2) is 0 Å². The smallest absolute Gasteiger partial charge is 0.0610 e. The summed E-state index contributed by atoms with van der Waals surface area (Å²) in [5.74, 6) is 0.717. The van der Waals surface area contributed by atoms with Crippen molar-refractivity contribution in [1.29, 1.82) is 0 Å². The fourth-order valence-electron chi connectivity index (χ4n) is 1.90. The van der Waals surface area contributed by atoms with Gasteiger partial charge in [-0.05, 0) is 44.9 Å². The van der Waals surface area contributed by atoms with Crippen LogP contribution in [0.3, 0.4) is 0 Å². The summed E-state index contributed by atoms with van der Waals surface area (Å²) >= 11 is 0. The van der Waals surface area contributed by atoms with E-state index in [4.69, 9.17) is 4.74 Å². The molecular formula is C14H29NO2. The minimum atomic E-state index is -0.109. The van der Waals surface area contributed by atoms with Gasteiger partial charge in [-0.15, -0.1) is 0 Å². The molecule has 2 N–H and O–H groups in total. The molecule has 3 nitrogen and oxygen atoms in total. The van der Waals surface area contributed by atoms with Crippen molar-refractivity contribution in [3.8, 4) is 0 Å². The zero-order valence-electron chi connectivity index (χ0n) is 11.7. The monoisotopic (exact) mass is 243 g/mol. The largest absolute Gasteiger partial charge is 0.394 e. The second-order valence-corrected chi connectivity index (χ2v) is 6.04. The van der Waals surface area contributed by atoms with Crippen molar-refractivity contribution in [3.05, 3.63) is 0 Å². The third-order valence-electron chi connectivity index (χ3n) is 3.34. The lowest BCUT2D eigenvalue weighted by Gasteiger charge is -2.29. The van der Waals surface area contributed by atoms with Crippen molar-refractivity contribution >= 4 is 0 Å². The maximum atomic E-state index is 9.43. The number of nitrogens with one attached hydrogen (secondary N) is 1. The predicted molar refractivity (Wildman–Crippen MR) is 71.2 cm³/mol. The first-order valence-corrected chi connectivity index (χ1v) is 7.02. The standard InChI is InChI=1S/C14H29NO2/c1-12(2)7-10-17-9-4-8-14(3,11-16)15-13-5-6-13/h12-13,15-16H,4-11H2,1-3H3. The van der Waals surface area contributed by atoms with Crippen LogP contribution in [-0.2, 0) is 4.74 Å². The van der Waals surface area contributed by atoms with Gasteiger partial charge in [0, 0.05) is 24.8 Å². The first-order chi connectivity index (χ1) is 8.06. The van der Waals surface area contributed by atoms with Gasteiger partial charge in [0.25, 0.3) is 0 Å². The number of rotatable bonds is 10. The maximum absolute atomic E-state index is 9.43. The Balaban J connectivity index is 2.02. The van der Waals surface area contributed by atoms with Gasteiger partial charge in [0.05, 0.1) is 6.61 Å². The highest BCUT2D eigenvalue weighted by Gasteiger charge is 2.31. The highest BCUT2D eigenvalue weighted by molar-refractivity contribution is 4.92. The van der Waals surface area contributed by atoms with E-state index in [1.807, 2.05) is 0 Å². The van der Waals surface area contributed by atoms with E-state index >= 15 is 0 Å². The average molecular weight is 243 g/mol. The Bertz CT molecular complexity index is 204. The summed E-state index contributed by atoms with van der Waals surface area (Å²) in [6.45, 7) is 8.44. The SMILES string of the molecule is CC(C)CCOCCCC(C)(CO)NC1CC1. The van der Waals surface area contributed by atoms with Crippen LogP contribution in [0.5, 0.6) is 0 Å². The molecule has 1 aliphatic rings. The van der Waals surface area contributed by atoms with Crippen molar-refractivity contribution in [2.24, 2.45) is 5.92 Å². The number of hydrogen-bond donors (Lipinski definition) is 2. The van der Waals surface area contributed by atoms with Gasteiger partial charge in [0.2, 0.25) is 0 Å². The van der Waals surface area contributed by atoms with E-state index < -0.39 is 0 Å². The lowest BCUT2D eigenvalue weighted by atomic mass is 9.97. The van der Waals surface area contributed by atoms with Crippen LogP contribution in [0.15, 0.2) is 0 Å². The number of ether oxygens (including phenoxy) is 1. The number of aliphatic hydroxyl groups is 1. The van der Waals surface area contributed by atoms with Crippen molar-refractivity contribution < 1.29 is 9.84 Å². The molecule has 0 saturated heterocycles. The van der Waals surface area contributed by atoms with Crippen LogP contribution in [0, 0.1) is 5.92 Å². The van der Waals surface area contributed by atoms with Crippen LogP contribution in [0.4, 0.5) is 0 Å². The molecule has 0 aromatic heterocycles. The molecule has 1 saturated carbocycles. The van der Waals surface area contributed by atoms with Gasteiger partial charge in [-0.3, -0.25) is 0 Å². The highest BCUT2D eigenvalue weighted by Crippen LogP contribution is 2.24. The molecule has 1 fully saturated rings. The summed E-state index contributed by atoms with van der Waals surface area (Å²) in [5.41, 5.74) is -0.109. The van der Waals surface area contributed by atoms with E-state index in [9.17, 15) is 5.11 Å². The number of aliphatic hydroxyl groups excluding tert-OH is 1. The molecule has 1 rings (SSSR count). The Kier molecular flexibility index (Phi) is 6.45. The molecule has 0 aliphatic heterocycles. The van der Waals surface area contributed by atoms with Crippen molar-refractivity contribution in [2.45, 2.75) is 64.5 Å². The third kappa shape index (κ3) is 7.02. The second-order valence-electron chi connectivity index (χ2n) is 6.04. The van der Waals surface area contributed by atoms with E-state index in [1.165, 1.54) is 12.8 Å². The van der Waals surface area contributed by atoms with Gasteiger partial charge < -0.3 is 15.2 Å². The molecule has 1 atom stereocenters. The minimum Gasteiger partial charge on any atom is -0.394 e. The van der Waals surface area contributed by atoms with Crippen LogP contribution in [0.1, 0.15) is 52.9 Å². The Morgan fingerprint density at radius 1 is 1.35 bits per heavy atom. The molecule has 1 unspecified atom stereocenters. The first kappa shape index (κ1) is 14.9. The summed E-state index contributed by atoms with van der Waals surface area (Å²) < 4.78 is 5.60. The quantitative estimate of drug-likeness (QED) is 0.579. The zero-order valence-corrected chi connectivity index (χ0v) is 11.7. The van der Waals surface area contributed by atoms with Gasteiger partial charge in [-0.2, -0.15) is 0 Å². The summed E-state index contributed by atoms with van der Waals surface area (Å²) in [5, 5.41) is 13.0.